The summed E-state index contributed by atoms with van der Waals surface area (Å²) in [5, 5.41) is 4.04. The van der Waals surface area contributed by atoms with E-state index >= 15 is 0 Å². The second-order valence-electron chi connectivity index (χ2n) is 3.72. The number of hydrazone groups is 1. The summed E-state index contributed by atoms with van der Waals surface area (Å²) < 4.78 is 5.45. The molecule has 1 aliphatic rings. The molecule has 1 amide bonds. The standard InChI is InChI=1S/C13H14N2O2/c1-2-8-17-11-5-3-4-10(9-11)12-6-7-13(16)15-14-12/h2-5,9H,1,6-8H2,(H,15,16). The predicted molar refractivity (Wildman–Crippen MR) is 66.0 cm³/mol. The fourth-order valence-electron chi connectivity index (χ4n) is 1.60. The van der Waals surface area contributed by atoms with Gasteiger partial charge in [-0.05, 0) is 12.1 Å². The van der Waals surface area contributed by atoms with Gasteiger partial charge in [-0.3, -0.25) is 4.79 Å². The normalized spacial score (nSPS) is 14.8. The monoisotopic (exact) mass is 230 g/mol. The Labute approximate surface area is 100.0 Å². The van der Waals surface area contributed by atoms with Crippen LogP contribution in [0.25, 0.3) is 0 Å². The number of nitrogens with one attached hydrogen (secondary N) is 1. The van der Waals surface area contributed by atoms with Gasteiger partial charge in [-0.15, -0.1) is 0 Å². The molecule has 0 aliphatic carbocycles. The summed E-state index contributed by atoms with van der Waals surface area (Å²) in [5.41, 5.74) is 4.35. The minimum atomic E-state index is -0.0344. The first kappa shape index (κ1) is 11.4. The third-order valence-electron chi connectivity index (χ3n) is 2.44. The minimum Gasteiger partial charge on any atom is -0.490 e. The van der Waals surface area contributed by atoms with E-state index in [9.17, 15) is 4.79 Å². The molecule has 0 fully saturated rings. The molecular formula is C13H14N2O2. The molecule has 1 aromatic rings. The van der Waals surface area contributed by atoms with Crippen LogP contribution in [0.4, 0.5) is 0 Å². The molecule has 1 aromatic carbocycles. The number of carbonyl (C=O) groups is 1. The van der Waals surface area contributed by atoms with Crippen LogP contribution in [-0.4, -0.2) is 18.2 Å². The van der Waals surface area contributed by atoms with Crippen molar-refractivity contribution < 1.29 is 9.53 Å². The summed E-state index contributed by atoms with van der Waals surface area (Å²) in [7, 11) is 0. The van der Waals surface area contributed by atoms with E-state index in [0.717, 1.165) is 17.0 Å². The molecule has 1 heterocycles. The third-order valence-corrected chi connectivity index (χ3v) is 2.44. The Morgan fingerprint density at radius 2 is 2.35 bits per heavy atom. The number of rotatable bonds is 4. The van der Waals surface area contributed by atoms with Crippen LogP contribution in [0.5, 0.6) is 5.75 Å². The van der Waals surface area contributed by atoms with Gasteiger partial charge in [0.15, 0.2) is 0 Å². The lowest BCUT2D eigenvalue weighted by Crippen LogP contribution is -2.25. The molecule has 4 nitrogen and oxygen atoms in total. The third kappa shape index (κ3) is 2.93. The van der Waals surface area contributed by atoms with E-state index < -0.39 is 0 Å². The highest BCUT2D eigenvalue weighted by molar-refractivity contribution is 6.04. The van der Waals surface area contributed by atoms with Crippen molar-refractivity contribution in [3.05, 3.63) is 42.5 Å². The molecule has 17 heavy (non-hydrogen) atoms. The maximum absolute atomic E-state index is 11.0. The lowest BCUT2D eigenvalue weighted by Gasteiger charge is -2.13. The molecule has 0 saturated heterocycles. The molecule has 0 spiro atoms. The van der Waals surface area contributed by atoms with Gasteiger partial charge in [-0.1, -0.05) is 24.8 Å². The molecule has 0 aromatic heterocycles. The van der Waals surface area contributed by atoms with E-state index in [2.05, 4.69) is 17.1 Å². The van der Waals surface area contributed by atoms with Crippen LogP contribution < -0.4 is 10.2 Å². The number of nitrogens with zero attached hydrogens (tertiary/aromatic N) is 1. The molecule has 0 bridgehead atoms. The van der Waals surface area contributed by atoms with Gasteiger partial charge in [0, 0.05) is 18.4 Å². The summed E-state index contributed by atoms with van der Waals surface area (Å²) >= 11 is 0. The lowest BCUT2D eigenvalue weighted by molar-refractivity contribution is -0.121. The summed E-state index contributed by atoms with van der Waals surface area (Å²) in [6.07, 6.45) is 2.85. The van der Waals surface area contributed by atoms with Crippen LogP contribution in [-0.2, 0) is 4.79 Å². The van der Waals surface area contributed by atoms with Crippen molar-refractivity contribution >= 4 is 11.6 Å². The summed E-state index contributed by atoms with van der Waals surface area (Å²) in [6.45, 7) is 4.08. The van der Waals surface area contributed by atoms with Crippen molar-refractivity contribution in [2.24, 2.45) is 5.10 Å². The molecule has 0 unspecified atom stereocenters. The van der Waals surface area contributed by atoms with Crippen molar-refractivity contribution in [1.82, 2.24) is 5.43 Å². The molecule has 1 N–H and O–H groups in total. The van der Waals surface area contributed by atoms with Gasteiger partial charge in [0.2, 0.25) is 5.91 Å². The Bertz CT molecular complexity index is 466. The quantitative estimate of drug-likeness (QED) is 0.803. The van der Waals surface area contributed by atoms with Crippen LogP contribution in [0.3, 0.4) is 0 Å². The zero-order chi connectivity index (χ0) is 12.1. The fourth-order valence-corrected chi connectivity index (χ4v) is 1.60. The Morgan fingerprint density at radius 3 is 3.06 bits per heavy atom. The van der Waals surface area contributed by atoms with Gasteiger partial charge < -0.3 is 4.74 Å². The number of hydrogen-bond donors (Lipinski definition) is 1. The van der Waals surface area contributed by atoms with Crippen molar-refractivity contribution in [3.63, 3.8) is 0 Å². The Balaban J connectivity index is 2.15. The molecule has 0 radical (unpaired) electrons. The number of carbonyl (C=O) groups excluding carboxylic acids is 1. The largest absolute Gasteiger partial charge is 0.490 e. The van der Waals surface area contributed by atoms with Crippen LogP contribution in [0, 0.1) is 0 Å². The second kappa shape index (κ2) is 5.30. The van der Waals surface area contributed by atoms with Gasteiger partial charge in [-0.2, -0.15) is 5.10 Å². The minimum absolute atomic E-state index is 0.0344. The molecule has 1 aliphatic heterocycles. The SMILES string of the molecule is C=CCOc1cccc(C2=NNC(=O)CC2)c1. The van der Waals surface area contributed by atoms with E-state index in [1.54, 1.807) is 6.08 Å². The zero-order valence-electron chi connectivity index (χ0n) is 9.48. The average Bonchev–Trinajstić information content (AvgIpc) is 2.37. The van der Waals surface area contributed by atoms with Crippen LogP contribution >= 0.6 is 0 Å². The summed E-state index contributed by atoms with van der Waals surface area (Å²) in [6, 6.07) is 7.67. The molecule has 0 saturated carbocycles. The van der Waals surface area contributed by atoms with Crippen molar-refractivity contribution in [2.45, 2.75) is 12.8 Å². The van der Waals surface area contributed by atoms with Gasteiger partial charge in [0.05, 0.1) is 5.71 Å². The Morgan fingerprint density at radius 1 is 1.47 bits per heavy atom. The zero-order valence-corrected chi connectivity index (χ0v) is 9.48. The van der Waals surface area contributed by atoms with E-state index in [4.69, 9.17) is 4.74 Å². The van der Waals surface area contributed by atoms with Crippen molar-refractivity contribution in [3.8, 4) is 5.75 Å². The first-order chi connectivity index (χ1) is 8.29. The highest BCUT2D eigenvalue weighted by Crippen LogP contribution is 2.17. The lowest BCUT2D eigenvalue weighted by atomic mass is 10.0. The van der Waals surface area contributed by atoms with Crippen LogP contribution in [0.2, 0.25) is 0 Å². The predicted octanol–water partition coefficient (Wildman–Crippen LogP) is 1.87. The number of ether oxygens (including phenoxy) is 1. The molecule has 88 valence electrons. The fraction of sp³-hybridized carbons (Fsp3) is 0.231. The van der Waals surface area contributed by atoms with E-state index in [-0.39, 0.29) is 5.91 Å². The van der Waals surface area contributed by atoms with E-state index in [1.807, 2.05) is 24.3 Å². The van der Waals surface area contributed by atoms with Gasteiger partial charge in [0.1, 0.15) is 12.4 Å². The summed E-state index contributed by atoms with van der Waals surface area (Å²) in [4.78, 5) is 11.0. The van der Waals surface area contributed by atoms with Crippen LogP contribution in [0.15, 0.2) is 42.0 Å². The molecule has 4 heteroatoms. The molecule has 0 atom stereocenters. The molecular weight excluding hydrogens is 216 g/mol. The first-order valence-corrected chi connectivity index (χ1v) is 5.49. The molecule has 2 rings (SSSR count). The van der Waals surface area contributed by atoms with Gasteiger partial charge in [-0.25, -0.2) is 5.43 Å². The maximum atomic E-state index is 11.0. The first-order valence-electron chi connectivity index (χ1n) is 5.49. The highest BCUT2D eigenvalue weighted by Gasteiger charge is 2.13. The number of benzene rings is 1. The Hall–Kier alpha value is -2.10. The van der Waals surface area contributed by atoms with Crippen molar-refractivity contribution in [2.75, 3.05) is 6.61 Å². The Kier molecular flexibility index (Phi) is 3.55. The van der Waals surface area contributed by atoms with Gasteiger partial charge in [0.25, 0.3) is 0 Å². The van der Waals surface area contributed by atoms with E-state index in [1.165, 1.54) is 0 Å². The van der Waals surface area contributed by atoms with E-state index in [0.29, 0.717) is 19.4 Å². The van der Waals surface area contributed by atoms with Gasteiger partial charge >= 0.3 is 0 Å². The summed E-state index contributed by atoms with van der Waals surface area (Å²) in [5.74, 6) is 0.745. The topological polar surface area (TPSA) is 50.7 Å². The maximum Gasteiger partial charge on any atom is 0.240 e. The number of amides is 1. The second-order valence-corrected chi connectivity index (χ2v) is 3.72. The highest BCUT2D eigenvalue weighted by atomic mass is 16.5. The van der Waals surface area contributed by atoms with Crippen molar-refractivity contribution in [1.29, 1.82) is 0 Å². The van der Waals surface area contributed by atoms with Crippen LogP contribution in [0.1, 0.15) is 18.4 Å². The average molecular weight is 230 g/mol. The number of hydrogen-bond acceptors (Lipinski definition) is 3. The smallest absolute Gasteiger partial charge is 0.240 e.